The first-order valence-corrected chi connectivity index (χ1v) is 12.4. The van der Waals surface area contributed by atoms with Crippen molar-refractivity contribution in [3.05, 3.63) is 65.5 Å². The Morgan fingerprint density at radius 2 is 1.83 bits per heavy atom. The molecule has 1 spiro atoms. The molecule has 0 unspecified atom stereocenters. The van der Waals surface area contributed by atoms with Gasteiger partial charge in [-0.25, -0.2) is 18.7 Å². The van der Waals surface area contributed by atoms with Crippen LogP contribution in [0.15, 0.2) is 42.6 Å². The zero-order valence-corrected chi connectivity index (χ0v) is 19.8. The average molecular weight is 492 g/mol. The van der Waals surface area contributed by atoms with E-state index in [4.69, 9.17) is 4.74 Å². The zero-order chi connectivity index (χ0) is 24.7. The van der Waals surface area contributed by atoms with Crippen LogP contribution < -0.4 is 15.5 Å². The van der Waals surface area contributed by atoms with E-state index >= 15 is 0 Å². The first kappa shape index (κ1) is 22.8. The van der Waals surface area contributed by atoms with Crippen LogP contribution in [-0.2, 0) is 11.3 Å². The van der Waals surface area contributed by atoms with E-state index in [-0.39, 0.29) is 29.3 Å². The molecule has 0 atom stereocenters. The van der Waals surface area contributed by atoms with Crippen molar-refractivity contribution in [1.29, 1.82) is 0 Å². The summed E-state index contributed by atoms with van der Waals surface area (Å²) in [6.07, 6.45) is 7.37. The predicted molar refractivity (Wildman–Crippen MR) is 132 cm³/mol. The molecule has 2 fully saturated rings. The second-order valence-electron chi connectivity index (χ2n) is 9.66. The van der Waals surface area contributed by atoms with Crippen LogP contribution in [0.3, 0.4) is 0 Å². The lowest BCUT2D eigenvalue weighted by Crippen LogP contribution is -2.47. The molecule has 0 aliphatic carbocycles. The number of benzene rings is 1. The normalized spacial score (nSPS) is 18.7. The van der Waals surface area contributed by atoms with Crippen LogP contribution in [0.2, 0.25) is 0 Å². The molecule has 1 aromatic carbocycles. The summed E-state index contributed by atoms with van der Waals surface area (Å²) in [6, 6.07) is 9.02. The smallest absolute Gasteiger partial charge is 0.255 e. The van der Waals surface area contributed by atoms with E-state index in [9.17, 15) is 13.6 Å². The number of rotatable bonds is 4. The SMILES string of the molecule is O=C1NCc2nc(-c3c(F)cccc3F)cc(Nc3ccc(N4CCC5(CCCCO5)CC4)cn3)c21. The second kappa shape index (κ2) is 9.13. The van der Waals surface area contributed by atoms with Crippen LogP contribution in [-0.4, -0.2) is 41.2 Å². The Balaban J connectivity index is 1.24. The second-order valence-corrected chi connectivity index (χ2v) is 9.66. The highest BCUT2D eigenvalue weighted by molar-refractivity contribution is 6.04. The summed E-state index contributed by atoms with van der Waals surface area (Å²) in [6.45, 7) is 2.90. The van der Waals surface area contributed by atoms with Crippen LogP contribution in [0.5, 0.6) is 0 Å². The highest BCUT2D eigenvalue weighted by Crippen LogP contribution is 2.37. The molecule has 1 amide bonds. The number of amides is 1. The number of carbonyl (C=O) groups excluding carboxylic acids is 1. The number of carbonyl (C=O) groups is 1. The first-order valence-electron chi connectivity index (χ1n) is 12.4. The molecule has 2 N–H and O–H groups in total. The molecular weight excluding hydrogens is 464 g/mol. The molecule has 5 heterocycles. The molecule has 0 radical (unpaired) electrons. The third kappa shape index (κ3) is 4.17. The highest BCUT2D eigenvalue weighted by Gasteiger charge is 2.37. The van der Waals surface area contributed by atoms with Crippen molar-refractivity contribution in [3.63, 3.8) is 0 Å². The number of anilines is 3. The summed E-state index contributed by atoms with van der Waals surface area (Å²) in [5.74, 6) is -1.19. The molecule has 9 heteroatoms. The van der Waals surface area contributed by atoms with Crippen LogP contribution in [0.4, 0.5) is 26.0 Å². The monoisotopic (exact) mass is 491 g/mol. The number of aromatic nitrogens is 2. The maximum Gasteiger partial charge on any atom is 0.255 e. The number of ether oxygens (including phenoxy) is 1. The predicted octanol–water partition coefficient (Wildman–Crippen LogP) is 4.95. The molecule has 3 aliphatic heterocycles. The van der Waals surface area contributed by atoms with E-state index in [1.54, 1.807) is 6.20 Å². The topological polar surface area (TPSA) is 79.4 Å². The van der Waals surface area contributed by atoms with Gasteiger partial charge in [-0.15, -0.1) is 0 Å². The van der Waals surface area contributed by atoms with Gasteiger partial charge in [-0.3, -0.25) is 4.79 Å². The van der Waals surface area contributed by atoms with Crippen molar-refractivity contribution in [2.75, 3.05) is 29.9 Å². The molecule has 3 aliphatic rings. The fraction of sp³-hybridized carbons (Fsp3) is 0.370. The van der Waals surface area contributed by atoms with Gasteiger partial charge in [-0.05, 0) is 62.4 Å². The number of nitrogens with one attached hydrogen (secondary N) is 2. The number of hydrogen-bond acceptors (Lipinski definition) is 6. The first-order chi connectivity index (χ1) is 17.5. The van der Waals surface area contributed by atoms with E-state index < -0.39 is 11.6 Å². The van der Waals surface area contributed by atoms with Crippen molar-refractivity contribution >= 4 is 23.1 Å². The number of fused-ring (bicyclic) bond motifs is 1. The minimum absolute atomic E-state index is 0.0430. The van der Waals surface area contributed by atoms with Crippen LogP contribution in [0.1, 0.15) is 48.2 Å². The van der Waals surface area contributed by atoms with E-state index in [0.29, 0.717) is 22.8 Å². The Morgan fingerprint density at radius 1 is 1.03 bits per heavy atom. The Kier molecular flexibility index (Phi) is 5.79. The third-order valence-corrected chi connectivity index (χ3v) is 7.44. The number of piperidine rings is 1. The van der Waals surface area contributed by atoms with E-state index in [2.05, 4.69) is 25.5 Å². The molecular formula is C27H27F2N5O2. The van der Waals surface area contributed by atoms with Gasteiger partial charge in [0.15, 0.2) is 0 Å². The van der Waals surface area contributed by atoms with Gasteiger partial charge in [-0.2, -0.15) is 0 Å². The van der Waals surface area contributed by atoms with Gasteiger partial charge in [0.2, 0.25) is 0 Å². The van der Waals surface area contributed by atoms with E-state index in [1.165, 1.54) is 30.7 Å². The standard InChI is InChI=1S/C27H27F2N5O2/c28-18-4-3-5-19(29)24(18)20-14-21(25-22(32-20)16-31-26(25)35)33-23-7-6-17(15-30-23)34-11-9-27(10-12-34)8-1-2-13-36-27/h3-7,14-15H,1-2,8-13,16H2,(H,31,35)(H,30,32,33). The lowest BCUT2D eigenvalue weighted by Gasteiger charge is -2.44. The Bertz CT molecular complexity index is 1280. The van der Waals surface area contributed by atoms with Crippen LogP contribution in [0.25, 0.3) is 11.3 Å². The molecule has 3 aromatic rings. The van der Waals surface area contributed by atoms with E-state index in [1.807, 2.05) is 12.1 Å². The summed E-state index contributed by atoms with van der Waals surface area (Å²) in [4.78, 5) is 23.7. The van der Waals surface area contributed by atoms with Gasteiger partial charge in [0.05, 0.1) is 52.2 Å². The van der Waals surface area contributed by atoms with Gasteiger partial charge in [0.1, 0.15) is 17.5 Å². The molecule has 36 heavy (non-hydrogen) atoms. The molecule has 0 bridgehead atoms. The van der Waals surface area contributed by atoms with Gasteiger partial charge in [0, 0.05) is 19.7 Å². The summed E-state index contributed by atoms with van der Waals surface area (Å²) >= 11 is 0. The van der Waals surface area contributed by atoms with Crippen molar-refractivity contribution in [1.82, 2.24) is 15.3 Å². The minimum Gasteiger partial charge on any atom is -0.375 e. The Labute approximate surface area is 207 Å². The fourth-order valence-corrected chi connectivity index (χ4v) is 5.46. The zero-order valence-electron chi connectivity index (χ0n) is 19.8. The van der Waals surface area contributed by atoms with Crippen molar-refractivity contribution < 1.29 is 18.3 Å². The van der Waals surface area contributed by atoms with Crippen LogP contribution in [0, 0.1) is 11.6 Å². The molecule has 6 rings (SSSR count). The largest absolute Gasteiger partial charge is 0.375 e. The molecule has 186 valence electrons. The van der Waals surface area contributed by atoms with Gasteiger partial charge in [0.25, 0.3) is 5.91 Å². The Hall–Kier alpha value is -3.59. The number of nitrogens with zero attached hydrogens (tertiary/aromatic N) is 3. The lowest BCUT2D eigenvalue weighted by atomic mass is 9.84. The quantitative estimate of drug-likeness (QED) is 0.538. The molecule has 2 saturated heterocycles. The van der Waals surface area contributed by atoms with Crippen molar-refractivity contribution in [3.8, 4) is 11.3 Å². The molecule has 0 saturated carbocycles. The number of pyridine rings is 2. The summed E-state index contributed by atoms with van der Waals surface area (Å²) < 4.78 is 35.0. The summed E-state index contributed by atoms with van der Waals surface area (Å²) in [5.41, 5.74) is 2.16. The maximum absolute atomic E-state index is 14.5. The summed E-state index contributed by atoms with van der Waals surface area (Å²) in [5, 5.41) is 5.89. The van der Waals surface area contributed by atoms with Crippen molar-refractivity contribution in [2.45, 2.75) is 44.2 Å². The van der Waals surface area contributed by atoms with Crippen molar-refractivity contribution in [2.24, 2.45) is 0 Å². The van der Waals surface area contributed by atoms with Gasteiger partial charge < -0.3 is 20.3 Å². The summed E-state index contributed by atoms with van der Waals surface area (Å²) in [7, 11) is 0. The van der Waals surface area contributed by atoms with Gasteiger partial charge in [-0.1, -0.05) is 6.07 Å². The van der Waals surface area contributed by atoms with Crippen LogP contribution >= 0.6 is 0 Å². The Morgan fingerprint density at radius 3 is 2.53 bits per heavy atom. The average Bonchev–Trinajstić information content (AvgIpc) is 3.26. The molecule has 2 aromatic heterocycles. The molecule has 7 nitrogen and oxygen atoms in total. The fourth-order valence-electron chi connectivity index (χ4n) is 5.46. The highest BCUT2D eigenvalue weighted by atomic mass is 19.1. The van der Waals surface area contributed by atoms with E-state index in [0.717, 1.165) is 51.1 Å². The third-order valence-electron chi connectivity index (χ3n) is 7.44. The minimum atomic E-state index is -0.713. The number of hydrogen-bond donors (Lipinski definition) is 2. The maximum atomic E-state index is 14.5. The van der Waals surface area contributed by atoms with Gasteiger partial charge >= 0.3 is 0 Å². The lowest BCUT2D eigenvalue weighted by molar-refractivity contribution is -0.0920. The number of halogens is 2.